The van der Waals surface area contributed by atoms with Crippen LogP contribution in [0.2, 0.25) is 0 Å². The molecule has 0 N–H and O–H groups in total. The van der Waals surface area contributed by atoms with Crippen molar-refractivity contribution < 1.29 is 14.5 Å². The molecule has 1 aliphatic rings. The van der Waals surface area contributed by atoms with E-state index in [4.69, 9.17) is 4.74 Å². The van der Waals surface area contributed by atoms with E-state index < -0.39 is 4.92 Å². The van der Waals surface area contributed by atoms with Gasteiger partial charge in [0, 0.05) is 65.0 Å². The molecule has 204 valence electrons. The van der Waals surface area contributed by atoms with E-state index in [2.05, 4.69) is 9.80 Å². The predicted molar refractivity (Wildman–Crippen MR) is 149 cm³/mol. The van der Waals surface area contributed by atoms with Crippen LogP contribution in [0.5, 0.6) is 5.75 Å². The molecule has 2 heterocycles. The molecule has 0 radical (unpaired) electrons. The van der Waals surface area contributed by atoms with Crippen LogP contribution in [0.25, 0.3) is 6.08 Å². The fraction of sp³-hybridized carbons (Fsp3) is 0.321. The Labute approximate surface area is 225 Å². The molecule has 0 amide bonds. The molecule has 0 saturated carbocycles. The highest BCUT2D eigenvalue weighted by Crippen LogP contribution is 2.20. The number of benzene rings is 2. The fourth-order valence-corrected chi connectivity index (χ4v) is 4.46. The first-order valence-electron chi connectivity index (χ1n) is 12.7. The van der Waals surface area contributed by atoms with Gasteiger partial charge in [-0.2, -0.15) is 0 Å². The van der Waals surface area contributed by atoms with Gasteiger partial charge in [0.1, 0.15) is 11.6 Å². The summed E-state index contributed by atoms with van der Waals surface area (Å²) in [6.07, 6.45) is 3.82. The number of ether oxygens (including phenoxy) is 1. The van der Waals surface area contributed by atoms with Crippen LogP contribution in [-0.2, 0) is 14.1 Å². The number of carbonyl (C=O) groups is 1. The summed E-state index contributed by atoms with van der Waals surface area (Å²) in [5.74, 6) is 0.924. The number of piperazine rings is 1. The van der Waals surface area contributed by atoms with E-state index in [1.165, 1.54) is 35.9 Å². The molecule has 2 aromatic carbocycles. The van der Waals surface area contributed by atoms with E-state index in [0.29, 0.717) is 42.4 Å². The molecule has 0 atom stereocenters. The molecule has 1 aromatic heterocycles. The lowest BCUT2D eigenvalue weighted by molar-refractivity contribution is -0.384. The zero-order chi connectivity index (χ0) is 27.9. The number of para-hydroxylation sites is 1. The lowest BCUT2D eigenvalue weighted by Gasteiger charge is -2.36. The maximum atomic E-state index is 12.8. The molecule has 0 spiro atoms. The number of hydrogen-bond acceptors (Lipinski definition) is 8. The minimum atomic E-state index is -0.467. The minimum Gasteiger partial charge on any atom is -0.493 e. The molecular weight excluding hydrogens is 502 g/mol. The Bertz CT molecular complexity index is 1480. The summed E-state index contributed by atoms with van der Waals surface area (Å²) < 4.78 is 8.55. The van der Waals surface area contributed by atoms with Crippen molar-refractivity contribution in [2.24, 2.45) is 14.1 Å². The lowest BCUT2D eigenvalue weighted by atomic mass is 10.1. The molecule has 1 saturated heterocycles. The first-order chi connectivity index (χ1) is 18.7. The van der Waals surface area contributed by atoms with Crippen molar-refractivity contribution in [1.29, 1.82) is 0 Å². The highest BCUT2D eigenvalue weighted by atomic mass is 16.6. The van der Waals surface area contributed by atoms with Gasteiger partial charge in [0.05, 0.1) is 17.1 Å². The number of ketones is 1. The third kappa shape index (κ3) is 6.68. The van der Waals surface area contributed by atoms with Crippen molar-refractivity contribution in [3.8, 4) is 5.75 Å². The average Bonchev–Trinajstić information content (AvgIpc) is 2.95. The number of hydrogen-bond donors (Lipinski definition) is 0. The van der Waals surface area contributed by atoms with Crippen molar-refractivity contribution in [2.75, 3.05) is 44.2 Å². The average molecular weight is 534 g/mol. The number of nitro groups is 1. The zero-order valence-electron chi connectivity index (χ0n) is 22.0. The predicted octanol–water partition coefficient (Wildman–Crippen LogP) is 2.48. The Morgan fingerprint density at radius 1 is 1.00 bits per heavy atom. The molecule has 0 unspecified atom stereocenters. The van der Waals surface area contributed by atoms with Gasteiger partial charge in [0.25, 0.3) is 11.2 Å². The van der Waals surface area contributed by atoms with E-state index in [1.54, 1.807) is 43.5 Å². The normalized spacial score (nSPS) is 14.1. The SMILES string of the molecule is Cn1c(N2CCN(CCCOc3ccccc3C(=O)/C=C/c3ccc([N+](=O)[O-])cc3)CC2)cc(=O)n(C)c1=O. The van der Waals surface area contributed by atoms with Gasteiger partial charge in [-0.05, 0) is 42.3 Å². The monoisotopic (exact) mass is 533 g/mol. The van der Waals surface area contributed by atoms with Gasteiger partial charge >= 0.3 is 5.69 Å². The molecule has 4 rings (SSSR count). The Morgan fingerprint density at radius 3 is 2.38 bits per heavy atom. The Kier molecular flexibility index (Phi) is 8.72. The third-order valence-electron chi connectivity index (χ3n) is 6.76. The molecule has 1 aliphatic heterocycles. The molecular formula is C28H31N5O6. The largest absolute Gasteiger partial charge is 0.493 e. The zero-order valence-corrected chi connectivity index (χ0v) is 22.0. The van der Waals surface area contributed by atoms with E-state index >= 15 is 0 Å². The van der Waals surface area contributed by atoms with Crippen molar-refractivity contribution in [1.82, 2.24) is 14.0 Å². The molecule has 39 heavy (non-hydrogen) atoms. The minimum absolute atomic E-state index is 0.00525. The number of allylic oxidation sites excluding steroid dienone is 1. The van der Waals surface area contributed by atoms with Gasteiger partial charge in [0.15, 0.2) is 5.78 Å². The highest BCUT2D eigenvalue weighted by Gasteiger charge is 2.20. The number of nitro benzene ring substituents is 1. The van der Waals surface area contributed by atoms with E-state index in [0.717, 1.165) is 30.6 Å². The van der Waals surface area contributed by atoms with Crippen molar-refractivity contribution in [2.45, 2.75) is 6.42 Å². The van der Waals surface area contributed by atoms with Gasteiger partial charge in [-0.25, -0.2) is 4.79 Å². The summed E-state index contributed by atoms with van der Waals surface area (Å²) >= 11 is 0. The molecule has 0 aliphatic carbocycles. The topological polar surface area (TPSA) is 120 Å². The van der Waals surface area contributed by atoms with Crippen LogP contribution in [0.15, 0.2) is 70.3 Å². The molecule has 3 aromatic rings. The van der Waals surface area contributed by atoms with Crippen molar-refractivity contribution in [3.05, 3.63) is 103 Å². The van der Waals surface area contributed by atoms with E-state index in [-0.39, 0.29) is 22.7 Å². The number of aromatic nitrogens is 2. The van der Waals surface area contributed by atoms with Gasteiger partial charge in [-0.3, -0.25) is 33.7 Å². The van der Waals surface area contributed by atoms with Crippen LogP contribution in [0.4, 0.5) is 11.5 Å². The molecule has 0 bridgehead atoms. The summed E-state index contributed by atoms with van der Waals surface area (Å²) in [4.78, 5) is 51.8. The lowest BCUT2D eigenvalue weighted by Crippen LogP contribution is -2.49. The van der Waals surface area contributed by atoms with Crippen LogP contribution in [0.3, 0.4) is 0 Å². The summed E-state index contributed by atoms with van der Waals surface area (Å²) in [7, 11) is 3.15. The molecule has 11 nitrogen and oxygen atoms in total. The van der Waals surface area contributed by atoms with E-state index in [9.17, 15) is 24.5 Å². The Hall–Kier alpha value is -4.51. The maximum Gasteiger partial charge on any atom is 0.332 e. The maximum absolute atomic E-state index is 12.8. The number of anilines is 1. The number of carbonyl (C=O) groups excluding carboxylic acids is 1. The third-order valence-corrected chi connectivity index (χ3v) is 6.76. The first kappa shape index (κ1) is 27.5. The second kappa shape index (κ2) is 12.4. The molecule has 11 heteroatoms. The van der Waals surface area contributed by atoms with Crippen LogP contribution >= 0.6 is 0 Å². The summed E-state index contributed by atoms with van der Waals surface area (Å²) in [6.45, 7) is 4.27. The Balaban J connectivity index is 1.26. The first-order valence-corrected chi connectivity index (χ1v) is 12.7. The Morgan fingerprint density at radius 2 is 1.69 bits per heavy atom. The van der Waals surface area contributed by atoms with Gasteiger partial charge in [0.2, 0.25) is 0 Å². The summed E-state index contributed by atoms with van der Waals surface area (Å²) in [6, 6.07) is 14.5. The molecule has 1 fully saturated rings. The summed E-state index contributed by atoms with van der Waals surface area (Å²) in [5.41, 5.74) is 0.480. The highest BCUT2D eigenvalue weighted by molar-refractivity contribution is 6.08. The van der Waals surface area contributed by atoms with Crippen LogP contribution in [-0.4, -0.2) is 64.1 Å². The van der Waals surface area contributed by atoms with Crippen molar-refractivity contribution in [3.63, 3.8) is 0 Å². The van der Waals surface area contributed by atoms with Crippen LogP contribution in [0.1, 0.15) is 22.3 Å². The van der Waals surface area contributed by atoms with Gasteiger partial charge < -0.3 is 9.64 Å². The second-order valence-corrected chi connectivity index (χ2v) is 9.31. The van der Waals surface area contributed by atoms with Crippen molar-refractivity contribution >= 4 is 23.4 Å². The van der Waals surface area contributed by atoms with Gasteiger partial charge in [-0.1, -0.05) is 18.2 Å². The summed E-state index contributed by atoms with van der Waals surface area (Å²) in [5, 5.41) is 10.8. The van der Waals surface area contributed by atoms with Crippen LogP contribution in [0, 0.1) is 10.1 Å². The number of nitrogens with zero attached hydrogens (tertiary/aromatic N) is 5. The van der Waals surface area contributed by atoms with Gasteiger partial charge in [-0.15, -0.1) is 0 Å². The number of non-ortho nitro benzene ring substituents is 1. The van der Waals surface area contributed by atoms with E-state index in [1.807, 2.05) is 6.07 Å². The smallest absolute Gasteiger partial charge is 0.332 e. The van der Waals surface area contributed by atoms with Crippen LogP contribution < -0.4 is 20.9 Å². The second-order valence-electron chi connectivity index (χ2n) is 9.31. The number of rotatable bonds is 10. The quantitative estimate of drug-likeness (QED) is 0.128. The fourth-order valence-electron chi connectivity index (χ4n) is 4.46. The standard InChI is InChI=1S/C28H31N5O6/c1-29-26(20-27(35)30(2)28(29)36)32-17-15-31(16-18-32)14-5-19-39-25-7-4-3-6-23(25)24(34)13-10-21-8-11-22(12-9-21)33(37)38/h3-4,6-13,20H,5,14-19H2,1-2H3/b13-10+.